The number of hydrogen-bond donors (Lipinski definition) is 0. The van der Waals surface area contributed by atoms with Crippen LogP contribution >= 0.6 is 0 Å². The summed E-state index contributed by atoms with van der Waals surface area (Å²) < 4.78 is 1.79. The predicted molar refractivity (Wildman–Crippen MR) is 56.2 cm³/mol. The molecule has 0 aromatic carbocycles. The molecule has 0 bridgehead atoms. The molecule has 2 rings (SSSR count). The summed E-state index contributed by atoms with van der Waals surface area (Å²) in [6, 6.07) is 3.99. The van der Waals surface area contributed by atoms with Crippen LogP contribution in [0.2, 0.25) is 0 Å². The molecule has 3 nitrogen and oxygen atoms in total. The molecular formula is C11H15N3. The molecule has 0 saturated carbocycles. The first kappa shape index (κ1) is 9.19. The Hall–Kier alpha value is -1.38. The summed E-state index contributed by atoms with van der Waals surface area (Å²) in [6.07, 6.45) is 8.60. The summed E-state index contributed by atoms with van der Waals surface area (Å²) in [5.41, 5.74) is 2.12. The van der Waals surface area contributed by atoms with E-state index < -0.39 is 0 Å². The molecular weight excluding hydrogens is 174 g/mol. The summed E-state index contributed by atoms with van der Waals surface area (Å²) in [7, 11) is 0. The monoisotopic (exact) mass is 189 g/mol. The predicted octanol–water partition coefficient (Wildman–Crippen LogP) is 2.46. The SMILES string of the molecule is CCCCCc1ccn2nccc2n1. The fourth-order valence-corrected chi connectivity index (χ4v) is 1.55. The van der Waals surface area contributed by atoms with Gasteiger partial charge in [0.2, 0.25) is 0 Å². The van der Waals surface area contributed by atoms with Crippen molar-refractivity contribution < 1.29 is 0 Å². The number of aryl methyl sites for hydroxylation is 1. The van der Waals surface area contributed by atoms with Crippen LogP contribution in [0.4, 0.5) is 0 Å². The zero-order valence-electron chi connectivity index (χ0n) is 8.48. The van der Waals surface area contributed by atoms with Gasteiger partial charge in [0.1, 0.15) is 0 Å². The molecule has 0 spiro atoms. The first-order chi connectivity index (χ1) is 6.90. The Bertz CT molecular complexity index is 406. The van der Waals surface area contributed by atoms with E-state index in [4.69, 9.17) is 0 Å². The second-order valence-electron chi connectivity index (χ2n) is 3.51. The van der Waals surface area contributed by atoms with Crippen LogP contribution in [-0.2, 0) is 6.42 Å². The summed E-state index contributed by atoms with van der Waals surface area (Å²) in [5, 5.41) is 4.11. The fourth-order valence-electron chi connectivity index (χ4n) is 1.55. The zero-order valence-corrected chi connectivity index (χ0v) is 8.48. The summed E-state index contributed by atoms with van der Waals surface area (Å²) in [5.74, 6) is 0. The molecule has 74 valence electrons. The van der Waals surface area contributed by atoms with Gasteiger partial charge >= 0.3 is 0 Å². The van der Waals surface area contributed by atoms with Crippen molar-refractivity contribution in [1.29, 1.82) is 0 Å². The quantitative estimate of drug-likeness (QED) is 0.691. The van der Waals surface area contributed by atoms with Crippen molar-refractivity contribution in [2.75, 3.05) is 0 Å². The lowest BCUT2D eigenvalue weighted by molar-refractivity contribution is 0.706. The molecule has 0 fully saturated rings. The van der Waals surface area contributed by atoms with Crippen LogP contribution in [-0.4, -0.2) is 14.6 Å². The maximum absolute atomic E-state index is 4.51. The number of nitrogens with zero attached hydrogens (tertiary/aromatic N) is 3. The molecule has 2 aromatic heterocycles. The Labute approximate surface area is 83.8 Å². The molecule has 14 heavy (non-hydrogen) atoms. The van der Waals surface area contributed by atoms with Gasteiger partial charge in [0.05, 0.1) is 6.20 Å². The van der Waals surface area contributed by atoms with Crippen LogP contribution in [0, 0.1) is 0 Å². The highest BCUT2D eigenvalue weighted by molar-refractivity contribution is 5.36. The van der Waals surface area contributed by atoms with Crippen molar-refractivity contribution in [1.82, 2.24) is 14.6 Å². The topological polar surface area (TPSA) is 30.2 Å². The molecule has 0 radical (unpaired) electrons. The van der Waals surface area contributed by atoms with Gasteiger partial charge in [-0.25, -0.2) is 9.50 Å². The van der Waals surface area contributed by atoms with Crippen molar-refractivity contribution in [2.45, 2.75) is 32.6 Å². The molecule has 3 heteroatoms. The Morgan fingerprint density at radius 1 is 1.29 bits per heavy atom. The third kappa shape index (κ3) is 1.92. The molecule has 0 aliphatic heterocycles. The van der Waals surface area contributed by atoms with Crippen LogP contribution in [0.5, 0.6) is 0 Å². The number of unbranched alkanes of at least 4 members (excludes halogenated alkanes) is 2. The fraction of sp³-hybridized carbons (Fsp3) is 0.455. The summed E-state index contributed by atoms with van der Waals surface area (Å²) >= 11 is 0. The van der Waals surface area contributed by atoms with E-state index in [2.05, 4.69) is 23.1 Å². The molecule has 0 aliphatic rings. The van der Waals surface area contributed by atoms with Gasteiger partial charge in [0.15, 0.2) is 5.65 Å². The number of fused-ring (bicyclic) bond motifs is 1. The molecule has 0 N–H and O–H groups in total. The van der Waals surface area contributed by atoms with Gasteiger partial charge in [-0.1, -0.05) is 19.8 Å². The molecule has 0 amide bonds. The van der Waals surface area contributed by atoms with Crippen LogP contribution in [0.1, 0.15) is 31.9 Å². The van der Waals surface area contributed by atoms with Crippen molar-refractivity contribution in [3.05, 3.63) is 30.2 Å². The normalized spacial score (nSPS) is 10.9. The van der Waals surface area contributed by atoms with E-state index in [0.29, 0.717) is 0 Å². The minimum atomic E-state index is 0.944. The minimum Gasteiger partial charge on any atom is -0.234 e. The van der Waals surface area contributed by atoms with Crippen LogP contribution < -0.4 is 0 Å². The lowest BCUT2D eigenvalue weighted by atomic mass is 10.1. The molecule has 0 atom stereocenters. The highest BCUT2D eigenvalue weighted by Gasteiger charge is 1.97. The third-order valence-electron chi connectivity index (χ3n) is 2.35. The van der Waals surface area contributed by atoms with Gasteiger partial charge in [0, 0.05) is 18.0 Å². The van der Waals surface area contributed by atoms with Gasteiger partial charge in [-0.3, -0.25) is 0 Å². The highest BCUT2D eigenvalue weighted by Crippen LogP contribution is 2.05. The molecule has 0 aliphatic carbocycles. The van der Waals surface area contributed by atoms with E-state index in [1.54, 1.807) is 10.7 Å². The smallest absolute Gasteiger partial charge is 0.155 e. The lowest BCUT2D eigenvalue weighted by Gasteiger charge is -2.00. The Morgan fingerprint density at radius 2 is 2.21 bits per heavy atom. The third-order valence-corrected chi connectivity index (χ3v) is 2.35. The largest absolute Gasteiger partial charge is 0.234 e. The number of hydrogen-bond acceptors (Lipinski definition) is 2. The Kier molecular flexibility index (Phi) is 2.77. The van der Waals surface area contributed by atoms with Crippen LogP contribution in [0.3, 0.4) is 0 Å². The first-order valence-electron chi connectivity index (χ1n) is 5.19. The highest BCUT2D eigenvalue weighted by atomic mass is 15.2. The number of rotatable bonds is 4. The second-order valence-corrected chi connectivity index (χ2v) is 3.51. The molecule has 0 saturated heterocycles. The Morgan fingerprint density at radius 3 is 3.07 bits per heavy atom. The minimum absolute atomic E-state index is 0.944. The molecule has 0 unspecified atom stereocenters. The Balaban J connectivity index is 2.10. The maximum Gasteiger partial charge on any atom is 0.155 e. The molecule has 2 aromatic rings. The van der Waals surface area contributed by atoms with E-state index in [9.17, 15) is 0 Å². The van der Waals surface area contributed by atoms with Gasteiger partial charge in [0.25, 0.3) is 0 Å². The summed E-state index contributed by atoms with van der Waals surface area (Å²) in [6.45, 7) is 2.22. The van der Waals surface area contributed by atoms with Gasteiger partial charge in [-0.15, -0.1) is 0 Å². The summed E-state index contributed by atoms with van der Waals surface area (Å²) in [4.78, 5) is 4.51. The first-order valence-corrected chi connectivity index (χ1v) is 5.19. The van der Waals surface area contributed by atoms with E-state index in [1.165, 1.54) is 25.0 Å². The van der Waals surface area contributed by atoms with E-state index in [0.717, 1.165) is 12.1 Å². The van der Waals surface area contributed by atoms with Crippen molar-refractivity contribution in [3.8, 4) is 0 Å². The standard InChI is InChI=1S/C11H15N3/c1-2-3-4-5-10-7-9-14-11(13-10)6-8-12-14/h6-9H,2-5H2,1H3. The van der Waals surface area contributed by atoms with Crippen molar-refractivity contribution >= 4 is 5.65 Å². The second kappa shape index (κ2) is 4.22. The van der Waals surface area contributed by atoms with E-state index in [1.807, 2.05) is 12.3 Å². The lowest BCUT2D eigenvalue weighted by Crippen LogP contribution is -1.95. The zero-order chi connectivity index (χ0) is 9.80. The van der Waals surface area contributed by atoms with Crippen LogP contribution in [0.15, 0.2) is 24.5 Å². The van der Waals surface area contributed by atoms with E-state index >= 15 is 0 Å². The van der Waals surface area contributed by atoms with Crippen LogP contribution in [0.25, 0.3) is 5.65 Å². The van der Waals surface area contributed by atoms with Gasteiger partial charge < -0.3 is 0 Å². The number of aromatic nitrogens is 3. The van der Waals surface area contributed by atoms with E-state index in [-0.39, 0.29) is 0 Å². The van der Waals surface area contributed by atoms with Crippen molar-refractivity contribution in [2.24, 2.45) is 0 Å². The average Bonchev–Trinajstić information content (AvgIpc) is 2.65. The average molecular weight is 189 g/mol. The molecule has 2 heterocycles. The van der Waals surface area contributed by atoms with Crippen molar-refractivity contribution in [3.63, 3.8) is 0 Å². The maximum atomic E-state index is 4.51. The van der Waals surface area contributed by atoms with Gasteiger partial charge in [-0.2, -0.15) is 5.10 Å². The van der Waals surface area contributed by atoms with Gasteiger partial charge in [-0.05, 0) is 18.9 Å².